The van der Waals surface area contributed by atoms with Crippen LogP contribution in [0.2, 0.25) is 0 Å². The maximum Gasteiger partial charge on any atom is 0.408 e. The molecule has 15 nitrogen and oxygen atoms in total. The number of fused-ring (bicyclic) bond motifs is 1. The topological polar surface area (TPSA) is 234 Å². The molecule has 50 heavy (non-hydrogen) atoms. The van der Waals surface area contributed by atoms with Gasteiger partial charge >= 0.3 is 18.0 Å². The molecule has 1 aliphatic rings. The van der Waals surface area contributed by atoms with Gasteiger partial charge in [-0.05, 0) is 41.4 Å². The summed E-state index contributed by atoms with van der Waals surface area (Å²) < 4.78 is 28.4. The van der Waals surface area contributed by atoms with Crippen LogP contribution < -0.4 is 21.3 Å². The summed E-state index contributed by atoms with van der Waals surface area (Å²) in [4.78, 5) is 76.6. The fourth-order valence-electron chi connectivity index (χ4n) is 5.41. The summed E-state index contributed by atoms with van der Waals surface area (Å²) in [6.07, 6.45) is 0.137. The molecule has 2 aromatic rings. The van der Waals surface area contributed by atoms with E-state index in [4.69, 9.17) is 4.74 Å². The van der Waals surface area contributed by atoms with Gasteiger partial charge in [-0.2, -0.15) is 0 Å². The summed E-state index contributed by atoms with van der Waals surface area (Å²) in [5.41, 5.74) is 2.52. The maximum atomic E-state index is 14.0. The van der Waals surface area contributed by atoms with Crippen molar-refractivity contribution in [1.82, 2.24) is 21.3 Å². The standard InChI is InChI=1S/C34H42N4O11S/c1-20(2)29(32(44)35-25(17-27(39)40)13-14-50(3,47)48)37-33(45)30(24-15-22-11-7-8-12-23(22)16-24)38-31(43)26(18-28(41)42)36-34(46)49-19-21-9-5-4-6-10-21/h4-14,20,24-26,29-30H,15-19H2,1-3H3,(H,35,44)(H,36,46)(H,37,45)(H,38,43)(H,39,40)(H,41,42)/b14-13+/t25?,26-,29-,30-/m0/s1. The van der Waals surface area contributed by atoms with Crippen LogP contribution in [-0.4, -0.2) is 84.8 Å². The first kappa shape index (κ1) is 39.2. The maximum absolute atomic E-state index is 14.0. The molecule has 0 heterocycles. The largest absolute Gasteiger partial charge is 0.481 e. The Morgan fingerprint density at radius 1 is 0.800 bits per heavy atom. The van der Waals surface area contributed by atoms with Crippen LogP contribution in [0.15, 0.2) is 66.1 Å². The van der Waals surface area contributed by atoms with Crippen LogP contribution in [0.5, 0.6) is 0 Å². The van der Waals surface area contributed by atoms with Crippen LogP contribution >= 0.6 is 0 Å². The van der Waals surface area contributed by atoms with E-state index >= 15 is 0 Å². The Hall–Kier alpha value is -5.25. The number of nitrogens with one attached hydrogen (secondary N) is 4. The van der Waals surface area contributed by atoms with Gasteiger partial charge in [-0.3, -0.25) is 24.0 Å². The third kappa shape index (κ3) is 12.7. The second-order valence-corrected chi connectivity index (χ2v) is 14.3. The molecule has 16 heteroatoms. The van der Waals surface area contributed by atoms with Crippen molar-refractivity contribution in [3.8, 4) is 0 Å². The minimum absolute atomic E-state index is 0.143. The number of ether oxygens (including phenoxy) is 1. The molecule has 0 spiro atoms. The van der Waals surface area contributed by atoms with Gasteiger partial charge in [-0.25, -0.2) is 13.2 Å². The highest BCUT2D eigenvalue weighted by Gasteiger charge is 2.38. The van der Waals surface area contributed by atoms with Gasteiger partial charge in [0.25, 0.3) is 0 Å². The van der Waals surface area contributed by atoms with E-state index in [1.54, 1.807) is 44.2 Å². The van der Waals surface area contributed by atoms with Crippen molar-refractivity contribution >= 4 is 45.6 Å². The Bertz CT molecular complexity index is 1670. The number of amides is 4. The van der Waals surface area contributed by atoms with Crippen LogP contribution in [0.25, 0.3) is 0 Å². The molecule has 2 aromatic carbocycles. The first-order valence-corrected chi connectivity index (χ1v) is 17.7. The van der Waals surface area contributed by atoms with Crippen molar-refractivity contribution in [2.45, 2.75) is 70.3 Å². The lowest BCUT2D eigenvalue weighted by molar-refractivity contribution is -0.140. The number of sulfone groups is 1. The van der Waals surface area contributed by atoms with E-state index < -0.39 is 94.4 Å². The molecule has 0 saturated heterocycles. The van der Waals surface area contributed by atoms with Crippen LogP contribution in [0, 0.1) is 11.8 Å². The van der Waals surface area contributed by atoms with Crippen LogP contribution in [-0.2, 0) is 58.0 Å². The molecule has 6 N–H and O–H groups in total. The summed E-state index contributed by atoms with van der Waals surface area (Å²) >= 11 is 0. The third-order valence-corrected chi connectivity index (χ3v) is 8.51. The Labute approximate surface area is 289 Å². The van der Waals surface area contributed by atoms with Crippen LogP contribution in [0.4, 0.5) is 4.79 Å². The predicted octanol–water partition coefficient (Wildman–Crippen LogP) is 1.31. The summed E-state index contributed by atoms with van der Waals surface area (Å²) in [6, 6.07) is 10.7. The normalized spacial score (nSPS) is 15.3. The SMILES string of the molecule is CC(C)[C@H](NC(=O)[C@@H](NC(=O)[C@H](CC(=O)O)NC(=O)OCc1ccccc1)C1Cc2ccccc2C1)C(=O)NC(/C=C/S(C)(=O)=O)CC(=O)O. The smallest absolute Gasteiger partial charge is 0.408 e. The Kier molecular flexibility index (Phi) is 14.1. The lowest BCUT2D eigenvalue weighted by atomic mass is 9.93. The summed E-state index contributed by atoms with van der Waals surface area (Å²) in [6.45, 7) is 3.10. The highest BCUT2D eigenvalue weighted by molar-refractivity contribution is 7.93. The number of benzene rings is 2. The first-order valence-electron chi connectivity index (χ1n) is 15.8. The van der Waals surface area contributed by atoms with E-state index in [1.807, 2.05) is 24.3 Å². The first-order chi connectivity index (χ1) is 23.5. The van der Waals surface area contributed by atoms with Crippen molar-refractivity contribution < 1.29 is 52.1 Å². The number of alkyl carbamates (subject to hydrolysis) is 1. The van der Waals surface area contributed by atoms with Crippen LogP contribution in [0.1, 0.15) is 43.4 Å². The van der Waals surface area contributed by atoms with Gasteiger partial charge < -0.3 is 36.2 Å². The van der Waals surface area contributed by atoms with Gasteiger partial charge in [0, 0.05) is 11.7 Å². The van der Waals surface area contributed by atoms with Crippen LogP contribution in [0.3, 0.4) is 0 Å². The minimum atomic E-state index is -3.65. The predicted molar refractivity (Wildman–Crippen MR) is 180 cm³/mol. The quantitative estimate of drug-likeness (QED) is 0.137. The number of aliphatic carboxylic acids is 2. The molecule has 3 rings (SSSR count). The van der Waals surface area contributed by atoms with Crippen molar-refractivity contribution in [2.24, 2.45) is 11.8 Å². The second kappa shape index (κ2) is 17.9. The summed E-state index contributed by atoms with van der Waals surface area (Å²) in [7, 11) is -3.65. The number of hydrogen-bond donors (Lipinski definition) is 6. The molecule has 0 aromatic heterocycles. The van der Waals surface area contributed by atoms with Crippen molar-refractivity contribution in [3.63, 3.8) is 0 Å². The highest BCUT2D eigenvalue weighted by atomic mass is 32.2. The lowest BCUT2D eigenvalue weighted by Gasteiger charge is -2.30. The van der Waals surface area contributed by atoms with E-state index in [1.165, 1.54) is 0 Å². The molecule has 0 radical (unpaired) electrons. The van der Waals surface area contributed by atoms with Gasteiger partial charge in [0.1, 0.15) is 24.7 Å². The third-order valence-electron chi connectivity index (χ3n) is 7.86. The van der Waals surface area contributed by atoms with Gasteiger partial charge in [-0.1, -0.05) is 74.5 Å². The van der Waals surface area contributed by atoms with E-state index in [0.717, 1.165) is 28.9 Å². The fraction of sp³-hybridized carbons (Fsp3) is 0.412. The molecule has 4 amide bonds. The molecule has 0 bridgehead atoms. The number of carbonyl (C=O) groups excluding carboxylic acids is 4. The highest BCUT2D eigenvalue weighted by Crippen LogP contribution is 2.29. The summed E-state index contributed by atoms with van der Waals surface area (Å²) in [5.74, 6) is -6.35. The summed E-state index contributed by atoms with van der Waals surface area (Å²) in [5, 5.41) is 29.5. The molecular weight excluding hydrogens is 672 g/mol. The second-order valence-electron chi connectivity index (χ2n) is 12.4. The van der Waals surface area contributed by atoms with Gasteiger partial charge in [-0.15, -0.1) is 0 Å². The molecule has 0 saturated carbocycles. The zero-order valence-electron chi connectivity index (χ0n) is 27.8. The Balaban J connectivity index is 1.83. The fourth-order valence-corrected chi connectivity index (χ4v) is 5.89. The van der Waals surface area contributed by atoms with Gasteiger partial charge in [0.15, 0.2) is 9.84 Å². The van der Waals surface area contributed by atoms with Crippen molar-refractivity contribution in [3.05, 3.63) is 82.8 Å². The Morgan fingerprint density at radius 2 is 1.38 bits per heavy atom. The zero-order valence-corrected chi connectivity index (χ0v) is 28.6. The monoisotopic (exact) mass is 714 g/mol. The minimum Gasteiger partial charge on any atom is -0.481 e. The number of carboxylic acid groups (broad SMARTS) is 2. The van der Waals surface area contributed by atoms with E-state index in [2.05, 4.69) is 21.3 Å². The van der Waals surface area contributed by atoms with Gasteiger partial charge in [0.2, 0.25) is 17.7 Å². The lowest BCUT2D eigenvalue weighted by Crippen LogP contribution is -2.60. The van der Waals surface area contributed by atoms with E-state index in [9.17, 15) is 47.4 Å². The number of carbonyl (C=O) groups is 6. The Morgan fingerprint density at radius 3 is 1.92 bits per heavy atom. The number of rotatable bonds is 17. The zero-order chi connectivity index (χ0) is 37.0. The number of carboxylic acids is 2. The van der Waals surface area contributed by atoms with Crippen molar-refractivity contribution in [1.29, 1.82) is 0 Å². The van der Waals surface area contributed by atoms with Gasteiger partial charge in [0.05, 0.1) is 18.9 Å². The average molecular weight is 715 g/mol. The van der Waals surface area contributed by atoms with E-state index in [0.29, 0.717) is 18.4 Å². The molecule has 1 unspecified atom stereocenters. The van der Waals surface area contributed by atoms with Crippen molar-refractivity contribution in [2.75, 3.05) is 6.26 Å². The molecule has 0 aliphatic heterocycles. The average Bonchev–Trinajstić information content (AvgIpc) is 3.47. The molecular formula is C34H42N4O11S. The number of hydrogen-bond acceptors (Lipinski definition) is 9. The molecule has 1 aliphatic carbocycles. The molecule has 270 valence electrons. The van der Waals surface area contributed by atoms with E-state index in [-0.39, 0.29) is 6.61 Å². The molecule has 4 atom stereocenters. The molecule has 0 fully saturated rings.